The predicted molar refractivity (Wildman–Crippen MR) is 152 cm³/mol. The fourth-order valence-electron chi connectivity index (χ4n) is 3.87. The molecule has 4 rings (SSSR count). The highest BCUT2D eigenvalue weighted by Crippen LogP contribution is 2.37. The number of anilines is 2. The summed E-state index contributed by atoms with van der Waals surface area (Å²) in [5, 5.41) is 32.5. The average molecular weight is 571 g/mol. The lowest BCUT2D eigenvalue weighted by Gasteiger charge is -2.18. The van der Waals surface area contributed by atoms with E-state index in [4.69, 9.17) is 5.11 Å². The molecule has 0 bridgehead atoms. The van der Waals surface area contributed by atoms with Crippen LogP contribution in [0.2, 0.25) is 0 Å². The van der Waals surface area contributed by atoms with E-state index in [2.05, 4.69) is 10.6 Å². The van der Waals surface area contributed by atoms with Crippen molar-refractivity contribution in [2.45, 2.75) is 10.1 Å². The van der Waals surface area contributed by atoms with Crippen LogP contribution in [0.3, 0.4) is 0 Å². The summed E-state index contributed by atoms with van der Waals surface area (Å²) in [5.74, 6) is -5.05. The number of nitrogens with one attached hydrogen (secondary N) is 2. The molecule has 1 unspecified atom stereocenters. The standard InChI is InChI=1S/C30H22N2O8S/c33-26(23-13-12-19(29(37)38)15-24(23)30(39)40)31-21-10-5-11-22(16-21)41-25(17-6-2-1-3-7-17)27(34)32-20-9-4-8-18(14-20)28(35)36/h1-16,25H,(H,31,33)(H,32,34)(H,35,36)(H,37,38)(H,39,40). The van der Waals surface area contributed by atoms with Crippen LogP contribution in [0.15, 0.2) is 102 Å². The Morgan fingerprint density at radius 2 is 1.22 bits per heavy atom. The van der Waals surface area contributed by atoms with Gasteiger partial charge in [0.15, 0.2) is 0 Å². The van der Waals surface area contributed by atoms with Crippen LogP contribution in [-0.2, 0) is 4.79 Å². The molecule has 0 radical (unpaired) electrons. The van der Waals surface area contributed by atoms with Crippen LogP contribution >= 0.6 is 11.8 Å². The quantitative estimate of drug-likeness (QED) is 0.154. The third-order valence-electron chi connectivity index (χ3n) is 5.80. The van der Waals surface area contributed by atoms with E-state index in [1.807, 2.05) is 6.07 Å². The SMILES string of the molecule is O=C(O)c1cccc(NC(=O)C(Sc2cccc(NC(=O)c3ccc(C(=O)O)cc3C(=O)O)c2)c2ccccc2)c1. The van der Waals surface area contributed by atoms with Crippen molar-refractivity contribution in [2.75, 3.05) is 10.6 Å². The molecule has 0 saturated heterocycles. The maximum atomic E-state index is 13.4. The van der Waals surface area contributed by atoms with Gasteiger partial charge in [0.2, 0.25) is 5.91 Å². The van der Waals surface area contributed by atoms with Crippen LogP contribution in [0.5, 0.6) is 0 Å². The smallest absolute Gasteiger partial charge is 0.336 e. The zero-order valence-electron chi connectivity index (χ0n) is 21.1. The molecule has 0 aliphatic heterocycles. The highest BCUT2D eigenvalue weighted by atomic mass is 32.2. The molecule has 2 amide bonds. The van der Waals surface area contributed by atoms with E-state index in [0.29, 0.717) is 21.8 Å². The van der Waals surface area contributed by atoms with Crippen molar-refractivity contribution in [2.24, 2.45) is 0 Å². The van der Waals surface area contributed by atoms with E-state index in [1.165, 1.54) is 30.0 Å². The lowest BCUT2D eigenvalue weighted by Crippen LogP contribution is -2.19. The zero-order chi connectivity index (χ0) is 29.5. The number of carboxylic acid groups (broad SMARTS) is 3. The Bertz CT molecular complexity index is 1660. The van der Waals surface area contributed by atoms with Crippen molar-refractivity contribution < 1.29 is 39.3 Å². The molecule has 0 saturated carbocycles. The number of benzene rings is 4. The second kappa shape index (κ2) is 12.6. The normalized spacial score (nSPS) is 11.2. The summed E-state index contributed by atoms with van der Waals surface area (Å²) in [5.41, 5.74) is 0.409. The fourth-order valence-corrected chi connectivity index (χ4v) is 4.96. The predicted octanol–water partition coefficient (Wildman–Crippen LogP) is 5.51. The van der Waals surface area contributed by atoms with Gasteiger partial charge in [0, 0.05) is 16.3 Å². The Labute approximate surface area is 237 Å². The topological polar surface area (TPSA) is 170 Å². The van der Waals surface area contributed by atoms with E-state index in [1.54, 1.807) is 54.6 Å². The molecule has 0 fully saturated rings. The minimum Gasteiger partial charge on any atom is -0.478 e. The summed E-state index contributed by atoms with van der Waals surface area (Å²) < 4.78 is 0. The molecule has 0 aromatic heterocycles. The van der Waals surface area contributed by atoms with E-state index in [0.717, 1.165) is 18.2 Å². The number of carbonyl (C=O) groups excluding carboxylic acids is 2. The Kier molecular flexibility index (Phi) is 8.80. The number of rotatable bonds is 10. The van der Waals surface area contributed by atoms with Gasteiger partial charge in [-0.1, -0.05) is 42.5 Å². The van der Waals surface area contributed by atoms with Crippen molar-refractivity contribution >= 4 is 52.9 Å². The highest BCUT2D eigenvalue weighted by molar-refractivity contribution is 8.00. The van der Waals surface area contributed by atoms with Crippen LogP contribution in [0.25, 0.3) is 0 Å². The van der Waals surface area contributed by atoms with Gasteiger partial charge in [-0.3, -0.25) is 9.59 Å². The van der Waals surface area contributed by atoms with Crippen LogP contribution in [0, 0.1) is 0 Å². The van der Waals surface area contributed by atoms with Crippen LogP contribution in [-0.4, -0.2) is 45.0 Å². The summed E-state index contributed by atoms with van der Waals surface area (Å²) in [4.78, 5) is 61.1. The highest BCUT2D eigenvalue weighted by Gasteiger charge is 2.23. The molecular weight excluding hydrogens is 548 g/mol. The molecule has 4 aromatic carbocycles. The molecule has 1 atom stereocenters. The summed E-state index contributed by atoms with van der Waals surface area (Å²) in [6.07, 6.45) is 0. The molecular formula is C30H22N2O8S. The first-order valence-corrected chi connectivity index (χ1v) is 12.9. The molecule has 0 spiro atoms. The molecule has 4 aromatic rings. The molecule has 41 heavy (non-hydrogen) atoms. The number of thioether (sulfide) groups is 1. The minimum atomic E-state index is -1.45. The van der Waals surface area contributed by atoms with Crippen molar-refractivity contribution in [1.82, 2.24) is 0 Å². The number of carbonyl (C=O) groups is 5. The van der Waals surface area contributed by atoms with Gasteiger partial charge in [0.25, 0.3) is 5.91 Å². The van der Waals surface area contributed by atoms with E-state index >= 15 is 0 Å². The first-order valence-electron chi connectivity index (χ1n) is 12.0. The van der Waals surface area contributed by atoms with Gasteiger partial charge < -0.3 is 26.0 Å². The lowest BCUT2D eigenvalue weighted by atomic mass is 10.0. The summed E-state index contributed by atoms with van der Waals surface area (Å²) in [7, 11) is 0. The Hall–Kier alpha value is -5.42. The first kappa shape index (κ1) is 28.6. The Morgan fingerprint density at radius 1 is 0.585 bits per heavy atom. The third-order valence-corrected chi connectivity index (χ3v) is 7.05. The van der Waals surface area contributed by atoms with Crippen molar-refractivity contribution in [3.8, 4) is 0 Å². The molecule has 0 aliphatic carbocycles. The van der Waals surface area contributed by atoms with Gasteiger partial charge in [-0.05, 0) is 60.2 Å². The lowest BCUT2D eigenvalue weighted by molar-refractivity contribution is -0.115. The number of hydrogen-bond donors (Lipinski definition) is 5. The van der Waals surface area contributed by atoms with Crippen molar-refractivity contribution in [3.63, 3.8) is 0 Å². The van der Waals surface area contributed by atoms with Gasteiger partial charge >= 0.3 is 17.9 Å². The summed E-state index contributed by atoms with van der Waals surface area (Å²) in [6.45, 7) is 0. The monoisotopic (exact) mass is 570 g/mol. The van der Waals surface area contributed by atoms with Crippen LogP contribution < -0.4 is 10.6 Å². The van der Waals surface area contributed by atoms with Gasteiger partial charge in [0.05, 0.1) is 22.3 Å². The third kappa shape index (κ3) is 7.16. The first-order chi connectivity index (χ1) is 19.6. The van der Waals surface area contributed by atoms with Crippen LogP contribution in [0.1, 0.15) is 52.2 Å². The number of carboxylic acids is 3. The van der Waals surface area contributed by atoms with Crippen molar-refractivity contribution in [1.29, 1.82) is 0 Å². The largest absolute Gasteiger partial charge is 0.478 e. The van der Waals surface area contributed by atoms with E-state index < -0.39 is 40.5 Å². The van der Waals surface area contributed by atoms with Gasteiger partial charge in [-0.25, -0.2) is 14.4 Å². The molecule has 5 N–H and O–H groups in total. The number of aromatic carboxylic acids is 3. The molecule has 0 heterocycles. The van der Waals surface area contributed by atoms with Crippen molar-refractivity contribution in [3.05, 3.63) is 125 Å². The zero-order valence-corrected chi connectivity index (χ0v) is 21.9. The minimum absolute atomic E-state index is 0.0267. The van der Waals surface area contributed by atoms with E-state index in [9.17, 15) is 34.2 Å². The van der Waals surface area contributed by atoms with Gasteiger partial charge in [0.1, 0.15) is 5.25 Å². The maximum Gasteiger partial charge on any atom is 0.336 e. The summed E-state index contributed by atoms with van der Waals surface area (Å²) in [6, 6.07) is 24.6. The fraction of sp³-hybridized carbons (Fsp3) is 0.0333. The maximum absolute atomic E-state index is 13.4. The average Bonchev–Trinajstić information content (AvgIpc) is 2.96. The molecule has 206 valence electrons. The molecule has 11 heteroatoms. The second-order valence-electron chi connectivity index (χ2n) is 8.64. The Morgan fingerprint density at radius 3 is 1.88 bits per heavy atom. The summed E-state index contributed by atoms with van der Waals surface area (Å²) >= 11 is 1.19. The van der Waals surface area contributed by atoms with E-state index in [-0.39, 0.29) is 16.7 Å². The molecule has 10 nitrogen and oxygen atoms in total. The number of amides is 2. The van der Waals surface area contributed by atoms with Gasteiger partial charge in [-0.2, -0.15) is 0 Å². The van der Waals surface area contributed by atoms with Crippen LogP contribution in [0.4, 0.5) is 11.4 Å². The Balaban J connectivity index is 1.57. The second-order valence-corrected chi connectivity index (χ2v) is 9.81. The van der Waals surface area contributed by atoms with Gasteiger partial charge in [-0.15, -0.1) is 11.8 Å². The number of hydrogen-bond acceptors (Lipinski definition) is 6. The molecule has 0 aliphatic rings.